The lowest BCUT2D eigenvalue weighted by atomic mass is 10.3. The lowest BCUT2D eigenvalue weighted by Gasteiger charge is -2.14. The maximum Gasteiger partial charge on any atom is 0.332 e. The third kappa shape index (κ3) is 3.25. The summed E-state index contributed by atoms with van der Waals surface area (Å²) in [5.74, 6) is 0.116. The summed E-state index contributed by atoms with van der Waals surface area (Å²) in [6, 6.07) is -0.118. The van der Waals surface area contributed by atoms with Gasteiger partial charge in [-0.1, -0.05) is 0 Å². The smallest absolute Gasteiger partial charge is 0.332 e. The maximum atomic E-state index is 10.9. The lowest BCUT2D eigenvalue weighted by Crippen LogP contribution is -2.23. The second-order valence-electron chi connectivity index (χ2n) is 3.62. The van der Waals surface area contributed by atoms with E-state index >= 15 is 0 Å². The zero-order chi connectivity index (χ0) is 13.0. The molecule has 17 heavy (non-hydrogen) atoms. The van der Waals surface area contributed by atoms with Gasteiger partial charge < -0.3 is 15.8 Å². The van der Waals surface area contributed by atoms with Gasteiger partial charge in [0.2, 0.25) is 11.8 Å². The molecule has 8 nitrogen and oxygen atoms in total. The Labute approximate surface area is 98.4 Å². The van der Waals surface area contributed by atoms with Gasteiger partial charge in [0.25, 0.3) is 0 Å². The van der Waals surface area contributed by atoms with Crippen molar-refractivity contribution in [3.05, 3.63) is 15.8 Å². The fraction of sp³-hybridized carbons (Fsp3) is 0.556. The molecule has 1 rings (SSSR count). The molecule has 0 saturated heterocycles. The first kappa shape index (κ1) is 13.1. The minimum Gasteiger partial charge on any atom is -0.383 e. The average Bonchev–Trinajstić information content (AvgIpc) is 2.15. The second-order valence-corrected chi connectivity index (χ2v) is 3.62. The van der Waals surface area contributed by atoms with Crippen LogP contribution < -0.4 is 11.1 Å². The van der Waals surface area contributed by atoms with Crippen LogP contribution >= 0.6 is 0 Å². The number of aromatic nitrogens is 2. The average molecular weight is 241 g/mol. The van der Waals surface area contributed by atoms with E-state index in [-0.39, 0.29) is 29.2 Å². The van der Waals surface area contributed by atoms with Crippen molar-refractivity contribution in [1.82, 2.24) is 9.97 Å². The van der Waals surface area contributed by atoms with Crippen molar-refractivity contribution in [2.75, 3.05) is 24.8 Å². The van der Waals surface area contributed by atoms with Crippen molar-refractivity contribution in [2.24, 2.45) is 0 Å². The minimum atomic E-state index is -0.531. The summed E-state index contributed by atoms with van der Waals surface area (Å²) in [4.78, 5) is 18.0. The summed E-state index contributed by atoms with van der Waals surface area (Å²) >= 11 is 0. The van der Waals surface area contributed by atoms with Crippen molar-refractivity contribution < 1.29 is 9.66 Å². The molecule has 0 aliphatic heterocycles. The van der Waals surface area contributed by atoms with E-state index in [2.05, 4.69) is 15.3 Å². The number of ether oxygens (including phenoxy) is 1. The third-order valence-corrected chi connectivity index (χ3v) is 2.06. The van der Waals surface area contributed by atoms with Crippen molar-refractivity contribution in [1.29, 1.82) is 0 Å². The van der Waals surface area contributed by atoms with Crippen LogP contribution in [-0.4, -0.2) is 34.6 Å². The van der Waals surface area contributed by atoms with Gasteiger partial charge in [0.1, 0.15) is 5.69 Å². The van der Waals surface area contributed by atoms with Crippen molar-refractivity contribution in [3.63, 3.8) is 0 Å². The van der Waals surface area contributed by atoms with E-state index < -0.39 is 4.92 Å². The SMILES string of the molecule is COCC(C)Nc1nc(N)nc(C)c1[N+](=O)[O-]. The number of hydrogen-bond acceptors (Lipinski definition) is 7. The van der Waals surface area contributed by atoms with Gasteiger partial charge in [0.15, 0.2) is 0 Å². The van der Waals surface area contributed by atoms with Crippen LogP contribution in [0, 0.1) is 17.0 Å². The highest BCUT2D eigenvalue weighted by atomic mass is 16.6. The standard InChI is InChI=1S/C9H15N5O3/c1-5(4-17-3)11-8-7(14(15)16)6(2)12-9(10)13-8/h5H,4H2,1-3H3,(H3,10,11,12,13). The summed E-state index contributed by atoms with van der Waals surface area (Å²) in [5, 5.41) is 13.8. The van der Waals surface area contributed by atoms with Gasteiger partial charge in [-0.05, 0) is 13.8 Å². The van der Waals surface area contributed by atoms with E-state index in [1.165, 1.54) is 6.92 Å². The summed E-state index contributed by atoms with van der Waals surface area (Å²) in [6.07, 6.45) is 0. The Balaban J connectivity index is 3.08. The summed E-state index contributed by atoms with van der Waals surface area (Å²) < 4.78 is 4.93. The van der Waals surface area contributed by atoms with E-state index in [0.717, 1.165) is 0 Å². The molecular formula is C9H15N5O3. The molecule has 8 heteroatoms. The molecule has 0 saturated carbocycles. The van der Waals surface area contributed by atoms with Gasteiger partial charge in [-0.25, -0.2) is 4.98 Å². The number of nitrogens with one attached hydrogen (secondary N) is 1. The van der Waals surface area contributed by atoms with Crippen LogP contribution in [0.1, 0.15) is 12.6 Å². The first-order valence-corrected chi connectivity index (χ1v) is 4.99. The lowest BCUT2D eigenvalue weighted by molar-refractivity contribution is -0.385. The van der Waals surface area contributed by atoms with E-state index in [0.29, 0.717) is 6.61 Å². The van der Waals surface area contributed by atoms with Crippen LogP contribution in [0.4, 0.5) is 17.5 Å². The van der Waals surface area contributed by atoms with Crippen molar-refractivity contribution in [2.45, 2.75) is 19.9 Å². The molecule has 0 amide bonds. The fourth-order valence-electron chi connectivity index (χ4n) is 1.43. The van der Waals surface area contributed by atoms with Crippen LogP contribution in [0.15, 0.2) is 0 Å². The number of aryl methyl sites for hydroxylation is 1. The molecule has 0 aliphatic rings. The van der Waals surface area contributed by atoms with Gasteiger partial charge in [0, 0.05) is 13.2 Å². The molecule has 0 radical (unpaired) electrons. The van der Waals surface area contributed by atoms with E-state index in [1.807, 2.05) is 6.92 Å². The highest BCUT2D eigenvalue weighted by Gasteiger charge is 2.22. The predicted octanol–water partition coefficient (Wildman–Crippen LogP) is 0.722. The van der Waals surface area contributed by atoms with E-state index in [4.69, 9.17) is 10.5 Å². The number of anilines is 2. The largest absolute Gasteiger partial charge is 0.383 e. The quantitative estimate of drug-likeness (QED) is 0.576. The summed E-state index contributed by atoms with van der Waals surface area (Å²) in [7, 11) is 1.55. The van der Waals surface area contributed by atoms with Crippen molar-refractivity contribution in [3.8, 4) is 0 Å². The molecule has 0 spiro atoms. The highest BCUT2D eigenvalue weighted by molar-refractivity contribution is 5.60. The zero-order valence-electron chi connectivity index (χ0n) is 9.93. The van der Waals surface area contributed by atoms with Gasteiger partial charge in [0.05, 0.1) is 11.5 Å². The van der Waals surface area contributed by atoms with Gasteiger partial charge in [-0.15, -0.1) is 0 Å². The Hall–Kier alpha value is -1.96. The molecule has 3 N–H and O–H groups in total. The molecule has 1 heterocycles. The molecular weight excluding hydrogens is 226 g/mol. The predicted molar refractivity (Wildman–Crippen MR) is 62.8 cm³/mol. The molecule has 1 unspecified atom stereocenters. The Kier molecular flexibility index (Phi) is 4.16. The van der Waals surface area contributed by atoms with Crippen LogP contribution in [0.3, 0.4) is 0 Å². The third-order valence-electron chi connectivity index (χ3n) is 2.06. The maximum absolute atomic E-state index is 10.9. The molecule has 0 aliphatic carbocycles. The van der Waals surface area contributed by atoms with Crippen LogP contribution in [0.5, 0.6) is 0 Å². The highest BCUT2D eigenvalue weighted by Crippen LogP contribution is 2.26. The van der Waals surface area contributed by atoms with E-state index in [9.17, 15) is 10.1 Å². The van der Waals surface area contributed by atoms with E-state index in [1.54, 1.807) is 7.11 Å². The molecule has 0 fully saturated rings. The van der Waals surface area contributed by atoms with Crippen LogP contribution in [-0.2, 0) is 4.74 Å². The van der Waals surface area contributed by atoms with Gasteiger partial charge in [-0.2, -0.15) is 4.98 Å². The Morgan fingerprint density at radius 1 is 1.59 bits per heavy atom. The zero-order valence-corrected chi connectivity index (χ0v) is 9.93. The molecule has 0 bridgehead atoms. The number of methoxy groups -OCH3 is 1. The molecule has 1 aromatic heterocycles. The van der Waals surface area contributed by atoms with Gasteiger partial charge in [-0.3, -0.25) is 10.1 Å². The molecule has 0 aromatic carbocycles. The number of hydrogen-bond donors (Lipinski definition) is 2. The number of nitro groups is 1. The monoisotopic (exact) mass is 241 g/mol. The van der Waals surface area contributed by atoms with Crippen LogP contribution in [0.25, 0.3) is 0 Å². The first-order chi connectivity index (χ1) is 7.95. The van der Waals surface area contributed by atoms with Crippen molar-refractivity contribution >= 4 is 17.5 Å². The number of nitrogens with zero attached hydrogens (tertiary/aromatic N) is 3. The number of nitrogens with two attached hydrogens (primary N) is 1. The normalized spacial score (nSPS) is 12.2. The number of rotatable bonds is 5. The topological polar surface area (TPSA) is 116 Å². The Morgan fingerprint density at radius 3 is 2.76 bits per heavy atom. The molecule has 1 aromatic rings. The summed E-state index contributed by atoms with van der Waals surface area (Å²) in [6.45, 7) is 3.74. The second kappa shape index (κ2) is 5.39. The fourth-order valence-corrected chi connectivity index (χ4v) is 1.43. The minimum absolute atomic E-state index is 0.000201. The molecule has 94 valence electrons. The Bertz CT molecular complexity index is 423. The number of nitrogen functional groups attached to an aromatic ring is 1. The van der Waals surface area contributed by atoms with Gasteiger partial charge >= 0.3 is 5.69 Å². The Morgan fingerprint density at radius 2 is 2.24 bits per heavy atom. The summed E-state index contributed by atoms with van der Waals surface area (Å²) in [5.41, 5.74) is 5.53. The first-order valence-electron chi connectivity index (χ1n) is 4.99. The van der Waals surface area contributed by atoms with Crippen LogP contribution in [0.2, 0.25) is 0 Å². The molecule has 1 atom stereocenters.